The summed E-state index contributed by atoms with van der Waals surface area (Å²) in [7, 11) is 0. The molecule has 0 saturated carbocycles. The van der Waals surface area contributed by atoms with Crippen LogP contribution in [0.3, 0.4) is 0 Å². The van der Waals surface area contributed by atoms with Crippen molar-refractivity contribution < 1.29 is 24.1 Å². The fourth-order valence-corrected chi connectivity index (χ4v) is 5.77. The Kier molecular flexibility index (Phi) is 7.75. The van der Waals surface area contributed by atoms with Crippen molar-refractivity contribution in [2.45, 2.75) is 58.3 Å². The number of halogens is 1. The van der Waals surface area contributed by atoms with E-state index in [9.17, 15) is 14.6 Å². The third-order valence-electron chi connectivity index (χ3n) is 8.02. The summed E-state index contributed by atoms with van der Waals surface area (Å²) in [6.45, 7) is 10.4. The smallest absolute Gasteiger partial charge is 0.131 e. The molecular formula is C33H39FN2O4. The number of piperidine rings is 1. The molecule has 40 heavy (non-hydrogen) atoms. The van der Waals surface area contributed by atoms with Crippen LogP contribution in [0.1, 0.15) is 62.9 Å². The van der Waals surface area contributed by atoms with Crippen LogP contribution in [-0.2, 0) is 12.2 Å². The van der Waals surface area contributed by atoms with E-state index in [2.05, 4.69) is 35.9 Å². The molecular weight excluding hydrogens is 507 g/mol. The molecule has 0 aliphatic carbocycles. The Bertz CT molecular complexity index is 1380. The highest BCUT2D eigenvalue weighted by Gasteiger charge is 2.48. The van der Waals surface area contributed by atoms with E-state index < -0.39 is 16.6 Å². The van der Waals surface area contributed by atoms with Gasteiger partial charge in [0.1, 0.15) is 30.5 Å². The lowest BCUT2D eigenvalue weighted by Gasteiger charge is -2.50. The van der Waals surface area contributed by atoms with Crippen LogP contribution in [0.25, 0.3) is 5.57 Å². The standard InChI is InChI=1S/C33H39FN2O4/c1-31(2)21-36(18-15-33(31,38)23-9-11-24(34)12-10-23)17-6-8-26-27-7-5-16-35-29(27)20-39-30-14-13-25(19-28(26)30)40-22-32(3,4)37/h5,7-14,16,19,37-38H,6,15,17-18,20-22H2,1-4H3/b26-8+/t33-/m0/s1. The number of hydrogen-bond acceptors (Lipinski definition) is 6. The Labute approximate surface area is 236 Å². The largest absolute Gasteiger partial charge is 0.491 e. The monoisotopic (exact) mass is 546 g/mol. The van der Waals surface area contributed by atoms with Crippen molar-refractivity contribution in [1.82, 2.24) is 9.88 Å². The maximum Gasteiger partial charge on any atom is 0.131 e. The third kappa shape index (κ3) is 5.92. The van der Waals surface area contributed by atoms with Gasteiger partial charge in [-0.2, -0.15) is 0 Å². The van der Waals surface area contributed by atoms with Crippen molar-refractivity contribution >= 4 is 5.57 Å². The number of pyridine rings is 1. The van der Waals surface area contributed by atoms with E-state index >= 15 is 0 Å². The van der Waals surface area contributed by atoms with Crippen molar-refractivity contribution in [3.8, 4) is 11.5 Å². The highest BCUT2D eigenvalue weighted by atomic mass is 19.1. The normalized spacial score (nSPS) is 21.7. The summed E-state index contributed by atoms with van der Waals surface area (Å²) in [6, 6.07) is 16.0. The summed E-state index contributed by atoms with van der Waals surface area (Å²) in [6.07, 6.45) is 5.39. The van der Waals surface area contributed by atoms with Crippen LogP contribution in [0.4, 0.5) is 4.39 Å². The summed E-state index contributed by atoms with van der Waals surface area (Å²) in [5, 5.41) is 21.8. The molecule has 3 aromatic rings. The molecule has 2 N–H and O–H groups in total. The van der Waals surface area contributed by atoms with E-state index in [-0.39, 0.29) is 12.4 Å². The molecule has 5 rings (SSSR count). The van der Waals surface area contributed by atoms with Crippen LogP contribution in [0.5, 0.6) is 11.5 Å². The minimum Gasteiger partial charge on any atom is -0.491 e. The van der Waals surface area contributed by atoms with Gasteiger partial charge in [0.25, 0.3) is 0 Å². The molecule has 7 heteroatoms. The van der Waals surface area contributed by atoms with Gasteiger partial charge in [-0.3, -0.25) is 4.98 Å². The summed E-state index contributed by atoms with van der Waals surface area (Å²) in [5.74, 6) is 1.14. The minimum atomic E-state index is -1.02. The minimum absolute atomic E-state index is 0.179. The van der Waals surface area contributed by atoms with Crippen molar-refractivity contribution in [2.75, 3.05) is 26.2 Å². The molecule has 3 heterocycles. The van der Waals surface area contributed by atoms with Crippen LogP contribution in [0, 0.1) is 11.2 Å². The molecule has 0 amide bonds. The molecule has 2 aliphatic rings. The fraction of sp³-hybridized carbons (Fsp3) is 0.424. The van der Waals surface area contributed by atoms with Gasteiger partial charge in [-0.1, -0.05) is 38.1 Å². The number of likely N-dealkylation sites (tertiary alicyclic amines) is 1. The number of fused-ring (bicyclic) bond motifs is 2. The number of benzene rings is 2. The van der Waals surface area contributed by atoms with Gasteiger partial charge >= 0.3 is 0 Å². The maximum absolute atomic E-state index is 13.5. The van der Waals surface area contributed by atoms with Gasteiger partial charge in [-0.15, -0.1) is 0 Å². The molecule has 212 valence electrons. The summed E-state index contributed by atoms with van der Waals surface area (Å²) in [5.41, 5.74) is 2.29. The Hall–Kier alpha value is -3.26. The molecule has 0 bridgehead atoms. The Morgan fingerprint density at radius 2 is 1.90 bits per heavy atom. The van der Waals surface area contributed by atoms with Gasteiger partial charge in [0, 0.05) is 42.4 Å². The van der Waals surface area contributed by atoms with Gasteiger partial charge in [0.2, 0.25) is 0 Å². The zero-order valence-electron chi connectivity index (χ0n) is 23.8. The summed E-state index contributed by atoms with van der Waals surface area (Å²) in [4.78, 5) is 6.96. The zero-order valence-corrected chi connectivity index (χ0v) is 23.8. The van der Waals surface area contributed by atoms with Crippen molar-refractivity contribution in [1.29, 1.82) is 0 Å². The van der Waals surface area contributed by atoms with Crippen molar-refractivity contribution in [3.63, 3.8) is 0 Å². The molecule has 0 unspecified atom stereocenters. The molecule has 1 saturated heterocycles. The van der Waals surface area contributed by atoms with E-state index in [4.69, 9.17) is 9.47 Å². The number of nitrogens with zero attached hydrogens (tertiary/aromatic N) is 2. The molecule has 1 aromatic heterocycles. The Morgan fingerprint density at radius 1 is 1.12 bits per heavy atom. The lowest BCUT2D eigenvalue weighted by Crippen LogP contribution is -2.55. The van der Waals surface area contributed by atoms with E-state index in [0.717, 1.165) is 59.8 Å². The first-order valence-electron chi connectivity index (χ1n) is 13.9. The second-order valence-electron chi connectivity index (χ2n) is 12.2. The number of aliphatic hydroxyl groups is 2. The number of rotatable bonds is 7. The zero-order chi connectivity index (χ0) is 28.5. The maximum atomic E-state index is 13.5. The van der Waals surface area contributed by atoms with Gasteiger partial charge in [-0.25, -0.2) is 4.39 Å². The predicted octanol–water partition coefficient (Wildman–Crippen LogP) is 5.70. The average molecular weight is 547 g/mol. The third-order valence-corrected chi connectivity index (χ3v) is 8.02. The number of aromatic nitrogens is 1. The predicted molar refractivity (Wildman–Crippen MR) is 154 cm³/mol. The molecule has 2 aromatic carbocycles. The van der Waals surface area contributed by atoms with Crippen LogP contribution in [0.2, 0.25) is 0 Å². The lowest BCUT2D eigenvalue weighted by molar-refractivity contribution is -0.125. The topological polar surface area (TPSA) is 75.1 Å². The van der Waals surface area contributed by atoms with Crippen molar-refractivity contribution in [3.05, 3.63) is 95.1 Å². The van der Waals surface area contributed by atoms with Crippen LogP contribution in [-0.4, -0.2) is 51.9 Å². The second-order valence-corrected chi connectivity index (χ2v) is 12.2. The molecule has 0 spiro atoms. The first-order chi connectivity index (χ1) is 19.0. The molecule has 0 radical (unpaired) electrons. The van der Waals surface area contributed by atoms with Gasteiger partial charge < -0.3 is 24.6 Å². The van der Waals surface area contributed by atoms with Crippen LogP contribution >= 0.6 is 0 Å². The summed E-state index contributed by atoms with van der Waals surface area (Å²) < 4.78 is 25.5. The molecule has 1 fully saturated rings. The van der Waals surface area contributed by atoms with Crippen LogP contribution < -0.4 is 9.47 Å². The lowest BCUT2D eigenvalue weighted by atomic mass is 9.66. The first-order valence-corrected chi connectivity index (χ1v) is 13.9. The first kappa shape index (κ1) is 28.3. The van der Waals surface area contributed by atoms with Crippen molar-refractivity contribution in [2.24, 2.45) is 5.41 Å². The average Bonchev–Trinajstić information content (AvgIpc) is 3.06. The summed E-state index contributed by atoms with van der Waals surface area (Å²) >= 11 is 0. The number of ether oxygens (including phenoxy) is 2. The van der Waals surface area contributed by atoms with Gasteiger partial charge in [0.05, 0.1) is 16.9 Å². The quantitative estimate of drug-likeness (QED) is 0.396. The highest BCUT2D eigenvalue weighted by molar-refractivity contribution is 5.85. The second kappa shape index (κ2) is 11.0. The Balaban J connectivity index is 1.36. The van der Waals surface area contributed by atoms with Gasteiger partial charge in [0.15, 0.2) is 0 Å². The van der Waals surface area contributed by atoms with E-state index in [1.807, 2.05) is 24.3 Å². The Morgan fingerprint density at radius 3 is 2.62 bits per heavy atom. The highest BCUT2D eigenvalue weighted by Crippen LogP contribution is 2.46. The molecule has 2 aliphatic heterocycles. The SMILES string of the molecule is CC(C)(O)COc1ccc2c(c1)/C(=C/CCN1CC[C@](O)(c3ccc(F)cc3)C(C)(C)C1)c1cccnc1CO2. The van der Waals surface area contributed by atoms with Gasteiger partial charge in [-0.05, 0) is 74.2 Å². The van der Waals surface area contributed by atoms with Crippen LogP contribution in [0.15, 0.2) is 66.9 Å². The van der Waals surface area contributed by atoms with E-state index in [1.165, 1.54) is 12.1 Å². The molecule has 1 atom stereocenters. The number of hydrogen-bond donors (Lipinski definition) is 2. The molecule has 6 nitrogen and oxygen atoms in total. The fourth-order valence-electron chi connectivity index (χ4n) is 5.77. The van der Waals surface area contributed by atoms with E-state index in [0.29, 0.717) is 18.8 Å². The van der Waals surface area contributed by atoms with E-state index in [1.54, 1.807) is 32.2 Å².